The predicted molar refractivity (Wildman–Crippen MR) is 76.6 cm³/mol. The first-order valence-corrected chi connectivity index (χ1v) is 6.82. The second kappa shape index (κ2) is 7.34. The minimum absolute atomic E-state index is 0.755. The Bertz CT molecular complexity index is 349. The second-order valence-electron chi connectivity index (χ2n) is 3.51. The van der Waals surface area contributed by atoms with E-state index in [1.54, 1.807) is 0 Å². The highest BCUT2D eigenvalue weighted by Crippen LogP contribution is 2.32. The molecular weight excluding hydrogens is 212 g/mol. The Labute approximate surface area is 103 Å². The largest absolute Gasteiger partial charge is 0.123 e. The van der Waals surface area contributed by atoms with Crippen LogP contribution in [0.2, 0.25) is 0 Å². The van der Waals surface area contributed by atoms with Crippen molar-refractivity contribution in [3.05, 3.63) is 53.0 Å². The molecule has 0 aromatic heterocycles. The molecule has 0 nitrogen and oxygen atoms in total. The van der Waals surface area contributed by atoms with Crippen LogP contribution in [0.3, 0.4) is 0 Å². The highest BCUT2D eigenvalue weighted by Gasteiger charge is 2.09. The molecule has 1 heterocycles. The van der Waals surface area contributed by atoms with E-state index in [0.717, 1.165) is 5.25 Å². The van der Waals surface area contributed by atoms with Crippen LogP contribution in [0.15, 0.2) is 47.4 Å². The summed E-state index contributed by atoms with van der Waals surface area (Å²) in [5, 5.41) is 0.755. The van der Waals surface area contributed by atoms with Gasteiger partial charge < -0.3 is 0 Å². The molecule has 0 saturated carbocycles. The van der Waals surface area contributed by atoms with Crippen molar-refractivity contribution in [1.82, 2.24) is 0 Å². The molecule has 2 rings (SSSR count). The number of thioether (sulfide) groups is 1. The summed E-state index contributed by atoms with van der Waals surface area (Å²) in [6.45, 7) is 6.27. The highest BCUT2D eigenvalue weighted by atomic mass is 32.2. The van der Waals surface area contributed by atoms with Crippen LogP contribution < -0.4 is 0 Å². The molecule has 1 aliphatic rings. The van der Waals surface area contributed by atoms with Crippen LogP contribution in [0.1, 0.15) is 32.8 Å². The van der Waals surface area contributed by atoms with Crippen molar-refractivity contribution in [3.63, 3.8) is 0 Å². The van der Waals surface area contributed by atoms with E-state index in [2.05, 4.69) is 49.4 Å². The zero-order valence-electron chi connectivity index (χ0n) is 10.3. The summed E-state index contributed by atoms with van der Waals surface area (Å²) in [5.74, 6) is 0. The van der Waals surface area contributed by atoms with Crippen molar-refractivity contribution in [1.29, 1.82) is 0 Å². The molecule has 0 amide bonds. The van der Waals surface area contributed by atoms with Gasteiger partial charge in [-0.1, -0.05) is 63.3 Å². The Kier molecular flexibility index (Phi) is 6.02. The van der Waals surface area contributed by atoms with Gasteiger partial charge in [0.05, 0.1) is 0 Å². The number of hydrogen-bond donors (Lipinski definition) is 0. The van der Waals surface area contributed by atoms with Crippen LogP contribution in [-0.4, -0.2) is 5.25 Å². The maximum Gasteiger partial charge on any atom is 0.0101 e. The van der Waals surface area contributed by atoms with Crippen LogP contribution in [0, 0.1) is 0 Å². The molecule has 0 fully saturated rings. The summed E-state index contributed by atoms with van der Waals surface area (Å²) >= 11 is 1.96. The Morgan fingerprint density at radius 2 is 1.81 bits per heavy atom. The van der Waals surface area contributed by atoms with E-state index < -0.39 is 0 Å². The van der Waals surface area contributed by atoms with Gasteiger partial charge in [-0.3, -0.25) is 0 Å². The lowest BCUT2D eigenvalue weighted by atomic mass is 10.2. The van der Waals surface area contributed by atoms with Gasteiger partial charge in [-0.2, -0.15) is 0 Å². The van der Waals surface area contributed by atoms with Crippen LogP contribution in [-0.2, 0) is 0 Å². The van der Waals surface area contributed by atoms with E-state index in [1.807, 2.05) is 31.7 Å². The quantitative estimate of drug-likeness (QED) is 0.680. The van der Waals surface area contributed by atoms with Crippen LogP contribution in [0.5, 0.6) is 0 Å². The summed E-state index contributed by atoms with van der Waals surface area (Å²) < 4.78 is 0. The van der Waals surface area contributed by atoms with E-state index in [0.29, 0.717) is 0 Å². The summed E-state index contributed by atoms with van der Waals surface area (Å²) in [4.78, 5) is 1.40. The molecule has 1 aliphatic heterocycles. The molecule has 0 saturated heterocycles. The minimum atomic E-state index is 0.755. The molecule has 0 radical (unpaired) electrons. The number of rotatable bonds is 2. The van der Waals surface area contributed by atoms with Crippen molar-refractivity contribution >= 4 is 17.8 Å². The monoisotopic (exact) mass is 232 g/mol. The average Bonchev–Trinajstić information content (AvgIpc) is 2.77. The first kappa shape index (κ1) is 13.1. The van der Waals surface area contributed by atoms with Gasteiger partial charge in [0.1, 0.15) is 0 Å². The van der Waals surface area contributed by atoms with Crippen LogP contribution >= 0.6 is 11.8 Å². The lowest BCUT2D eigenvalue weighted by Gasteiger charge is -1.97. The Morgan fingerprint density at radius 3 is 2.38 bits per heavy atom. The van der Waals surface area contributed by atoms with Gasteiger partial charge in [0.25, 0.3) is 0 Å². The van der Waals surface area contributed by atoms with Gasteiger partial charge in [-0.15, -0.1) is 11.8 Å². The molecule has 86 valence electrons. The lowest BCUT2D eigenvalue weighted by Crippen LogP contribution is -1.83. The Balaban J connectivity index is 0.000000606. The smallest absolute Gasteiger partial charge is 0.0101 e. The zero-order chi connectivity index (χ0) is 11.8. The first-order valence-electron chi connectivity index (χ1n) is 5.94. The van der Waals surface area contributed by atoms with Gasteiger partial charge in [0, 0.05) is 10.2 Å². The minimum Gasteiger partial charge on any atom is -0.123 e. The van der Waals surface area contributed by atoms with Gasteiger partial charge in [0.15, 0.2) is 0 Å². The fourth-order valence-electron chi connectivity index (χ4n) is 1.46. The van der Waals surface area contributed by atoms with Gasteiger partial charge >= 0.3 is 0 Å². The molecule has 0 spiro atoms. The molecule has 0 bridgehead atoms. The van der Waals surface area contributed by atoms with Crippen molar-refractivity contribution in [2.75, 3.05) is 0 Å². The molecule has 16 heavy (non-hydrogen) atoms. The van der Waals surface area contributed by atoms with Gasteiger partial charge in [-0.05, 0) is 18.1 Å². The topological polar surface area (TPSA) is 0 Å². The van der Waals surface area contributed by atoms with Crippen LogP contribution in [0.25, 0.3) is 6.08 Å². The van der Waals surface area contributed by atoms with E-state index >= 15 is 0 Å². The molecule has 0 aliphatic carbocycles. The van der Waals surface area contributed by atoms with Crippen LogP contribution in [0.4, 0.5) is 0 Å². The fourth-order valence-corrected chi connectivity index (χ4v) is 2.46. The van der Waals surface area contributed by atoms with Gasteiger partial charge in [0.2, 0.25) is 0 Å². The van der Waals surface area contributed by atoms with Crippen molar-refractivity contribution in [3.8, 4) is 0 Å². The molecular formula is C15H20S. The molecule has 1 aromatic rings. The maximum atomic E-state index is 2.31. The van der Waals surface area contributed by atoms with E-state index in [4.69, 9.17) is 0 Å². The average molecular weight is 232 g/mol. The summed E-state index contributed by atoms with van der Waals surface area (Å²) in [5.41, 5.74) is 1.27. The number of hydrogen-bond acceptors (Lipinski definition) is 1. The standard InChI is InChI=1S/C13H14S.C2H6/c1-11-7-9-13(14-11)10-8-12-5-3-2-4-6-12;1-2/h2-6,8-11H,7H2,1H3;1-2H3/b10-8+;. The first-order chi connectivity index (χ1) is 7.84. The van der Waals surface area contributed by atoms with Gasteiger partial charge in [-0.25, -0.2) is 0 Å². The van der Waals surface area contributed by atoms with Crippen molar-refractivity contribution in [2.24, 2.45) is 0 Å². The lowest BCUT2D eigenvalue weighted by molar-refractivity contribution is 1.00. The molecule has 0 N–H and O–H groups in total. The Morgan fingerprint density at radius 1 is 1.12 bits per heavy atom. The molecule has 1 aromatic carbocycles. The highest BCUT2D eigenvalue weighted by molar-refractivity contribution is 8.04. The number of allylic oxidation sites excluding steroid dienone is 2. The SMILES string of the molecule is CC.CC1CC=C(/C=C/c2ccccc2)S1. The second-order valence-corrected chi connectivity index (χ2v) is 5.03. The Hall–Kier alpha value is -0.950. The van der Waals surface area contributed by atoms with E-state index in [-0.39, 0.29) is 0 Å². The normalized spacial score (nSPS) is 19.2. The molecule has 1 unspecified atom stereocenters. The maximum absolute atomic E-state index is 2.31. The zero-order valence-corrected chi connectivity index (χ0v) is 11.1. The number of benzene rings is 1. The predicted octanol–water partition coefficient (Wildman–Crippen LogP) is 5.14. The van der Waals surface area contributed by atoms with E-state index in [1.165, 1.54) is 16.9 Å². The summed E-state index contributed by atoms with van der Waals surface area (Å²) in [6.07, 6.45) is 7.91. The third kappa shape index (κ3) is 4.28. The van der Waals surface area contributed by atoms with Crippen molar-refractivity contribution < 1.29 is 0 Å². The van der Waals surface area contributed by atoms with E-state index in [9.17, 15) is 0 Å². The third-order valence-electron chi connectivity index (χ3n) is 2.23. The molecule has 1 heteroatoms. The molecule has 1 atom stereocenters. The summed E-state index contributed by atoms with van der Waals surface area (Å²) in [7, 11) is 0. The fraction of sp³-hybridized carbons (Fsp3) is 0.333. The van der Waals surface area contributed by atoms with Crippen molar-refractivity contribution in [2.45, 2.75) is 32.4 Å². The third-order valence-corrected chi connectivity index (χ3v) is 3.40. The summed E-state index contributed by atoms with van der Waals surface area (Å²) in [6, 6.07) is 10.4.